The Balaban J connectivity index is 1.84. The number of aliphatic hydroxyl groups is 1. The lowest BCUT2D eigenvalue weighted by Crippen LogP contribution is -2.29. The summed E-state index contributed by atoms with van der Waals surface area (Å²) in [5.74, 6) is -1.85. The highest BCUT2D eigenvalue weighted by Crippen LogP contribution is 2.42. The van der Waals surface area contributed by atoms with Crippen molar-refractivity contribution in [2.75, 3.05) is 18.6 Å². The standard InChI is InChI=1S/C27H22ClNO6/c1-3-35-27(33)18-6-12-20(13-7-18)29-23(16-4-10-19(28)11-5-16)22(25(31)26(29)32)24(30)17-8-14-21(34-2)15-9-17/h4-15,23,30H,3H2,1-2H3/b24-22+. The van der Waals surface area contributed by atoms with Gasteiger partial charge in [-0.25, -0.2) is 4.79 Å². The van der Waals surface area contributed by atoms with E-state index < -0.39 is 23.7 Å². The van der Waals surface area contributed by atoms with Crippen LogP contribution in [0.1, 0.15) is 34.5 Å². The lowest BCUT2D eigenvalue weighted by molar-refractivity contribution is -0.132. The van der Waals surface area contributed by atoms with Crippen LogP contribution in [-0.4, -0.2) is 36.5 Å². The Morgan fingerprint density at radius 1 is 0.943 bits per heavy atom. The summed E-state index contributed by atoms with van der Waals surface area (Å²) in [4.78, 5) is 39.8. The van der Waals surface area contributed by atoms with Gasteiger partial charge in [-0.2, -0.15) is 0 Å². The van der Waals surface area contributed by atoms with Crippen molar-refractivity contribution in [3.05, 3.63) is 100 Å². The lowest BCUT2D eigenvalue weighted by atomic mass is 9.95. The third-order valence-corrected chi connectivity index (χ3v) is 5.90. The maximum absolute atomic E-state index is 13.2. The molecule has 1 heterocycles. The minimum absolute atomic E-state index is 0.0584. The second-order valence-electron chi connectivity index (χ2n) is 7.72. The molecule has 0 spiro atoms. The summed E-state index contributed by atoms with van der Waals surface area (Å²) in [6.07, 6.45) is 0. The van der Waals surface area contributed by atoms with Crippen LogP contribution in [-0.2, 0) is 14.3 Å². The molecule has 1 atom stereocenters. The summed E-state index contributed by atoms with van der Waals surface area (Å²) in [5.41, 5.74) is 1.58. The van der Waals surface area contributed by atoms with E-state index in [1.807, 2.05) is 0 Å². The number of hydrogen-bond acceptors (Lipinski definition) is 6. The van der Waals surface area contributed by atoms with Crippen molar-refractivity contribution in [2.24, 2.45) is 0 Å². The molecule has 1 aliphatic heterocycles. The van der Waals surface area contributed by atoms with Gasteiger partial charge < -0.3 is 14.6 Å². The van der Waals surface area contributed by atoms with Crippen LogP contribution in [0.25, 0.3) is 5.76 Å². The molecule has 35 heavy (non-hydrogen) atoms. The molecule has 178 valence electrons. The Kier molecular flexibility index (Phi) is 6.89. The van der Waals surface area contributed by atoms with Crippen molar-refractivity contribution in [2.45, 2.75) is 13.0 Å². The Morgan fingerprint density at radius 2 is 1.54 bits per heavy atom. The van der Waals surface area contributed by atoms with E-state index in [2.05, 4.69) is 0 Å². The zero-order chi connectivity index (χ0) is 25.1. The number of rotatable bonds is 6. The zero-order valence-electron chi connectivity index (χ0n) is 19.0. The molecule has 3 aromatic rings. The second-order valence-corrected chi connectivity index (χ2v) is 8.15. The van der Waals surface area contributed by atoms with Gasteiger partial charge in [0.15, 0.2) is 0 Å². The van der Waals surface area contributed by atoms with Crippen molar-refractivity contribution in [1.29, 1.82) is 0 Å². The van der Waals surface area contributed by atoms with E-state index in [1.165, 1.54) is 24.1 Å². The third kappa shape index (κ3) is 4.63. The number of ether oxygens (including phenoxy) is 2. The maximum Gasteiger partial charge on any atom is 0.338 e. The van der Waals surface area contributed by atoms with Crippen molar-refractivity contribution in [3.63, 3.8) is 0 Å². The molecule has 1 saturated heterocycles. The largest absolute Gasteiger partial charge is 0.507 e. The Morgan fingerprint density at radius 3 is 2.11 bits per heavy atom. The normalized spacial score (nSPS) is 16.9. The monoisotopic (exact) mass is 491 g/mol. The number of nitrogens with zero attached hydrogens (tertiary/aromatic N) is 1. The van der Waals surface area contributed by atoms with Crippen LogP contribution in [0.2, 0.25) is 5.02 Å². The first-order valence-electron chi connectivity index (χ1n) is 10.8. The number of carbonyl (C=O) groups is 3. The molecule has 0 saturated carbocycles. The highest BCUT2D eigenvalue weighted by atomic mass is 35.5. The van der Waals surface area contributed by atoms with E-state index in [4.69, 9.17) is 21.1 Å². The molecule has 0 aliphatic carbocycles. The SMILES string of the molecule is CCOC(=O)c1ccc(N2C(=O)C(=O)/C(=C(/O)c3ccc(OC)cc3)C2c2ccc(Cl)cc2)cc1. The summed E-state index contributed by atoms with van der Waals surface area (Å²) >= 11 is 6.06. The Labute approximate surface area is 207 Å². The van der Waals surface area contributed by atoms with E-state index in [-0.39, 0.29) is 17.9 Å². The first-order valence-corrected chi connectivity index (χ1v) is 11.2. The topological polar surface area (TPSA) is 93.1 Å². The van der Waals surface area contributed by atoms with Gasteiger partial charge in [0.2, 0.25) is 0 Å². The predicted octanol–water partition coefficient (Wildman–Crippen LogP) is 5.15. The fourth-order valence-electron chi connectivity index (χ4n) is 3.94. The highest BCUT2D eigenvalue weighted by Gasteiger charge is 2.47. The number of benzene rings is 3. The molecular weight excluding hydrogens is 470 g/mol. The molecule has 1 N–H and O–H groups in total. The van der Waals surface area contributed by atoms with Crippen LogP contribution in [0.3, 0.4) is 0 Å². The maximum atomic E-state index is 13.2. The van der Waals surface area contributed by atoms with Gasteiger partial charge in [-0.05, 0) is 73.2 Å². The number of amides is 1. The van der Waals surface area contributed by atoms with Gasteiger partial charge in [0.25, 0.3) is 11.7 Å². The van der Waals surface area contributed by atoms with Crippen LogP contribution in [0, 0.1) is 0 Å². The predicted molar refractivity (Wildman–Crippen MR) is 132 cm³/mol. The van der Waals surface area contributed by atoms with Crippen molar-refractivity contribution in [1.82, 2.24) is 0 Å². The van der Waals surface area contributed by atoms with Gasteiger partial charge >= 0.3 is 5.97 Å². The smallest absolute Gasteiger partial charge is 0.338 e. The van der Waals surface area contributed by atoms with E-state index >= 15 is 0 Å². The lowest BCUT2D eigenvalue weighted by Gasteiger charge is -2.25. The van der Waals surface area contributed by atoms with Crippen molar-refractivity contribution < 1.29 is 29.0 Å². The molecule has 0 bridgehead atoms. The van der Waals surface area contributed by atoms with Crippen molar-refractivity contribution in [3.8, 4) is 5.75 Å². The highest BCUT2D eigenvalue weighted by molar-refractivity contribution is 6.51. The van der Waals surface area contributed by atoms with Crippen LogP contribution in [0.15, 0.2) is 78.4 Å². The first kappa shape index (κ1) is 24.0. The average Bonchev–Trinajstić information content (AvgIpc) is 3.14. The van der Waals surface area contributed by atoms with E-state index in [1.54, 1.807) is 67.6 Å². The summed E-state index contributed by atoms with van der Waals surface area (Å²) in [6.45, 7) is 1.94. The number of ketones is 1. The van der Waals surface area contributed by atoms with Crippen LogP contribution in [0.4, 0.5) is 5.69 Å². The van der Waals surface area contributed by atoms with Gasteiger partial charge in [-0.3, -0.25) is 14.5 Å². The average molecular weight is 492 g/mol. The molecule has 7 nitrogen and oxygen atoms in total. The summed E-state index contributed by atoms with van der Waals surface area (Å²) in [5, 5.41) is 11.6. The van der Waals surface area contributed by atoms with Gasteiger partial charge in [0.05, 0.1) is 30.9 Å². The quantitative estimate of drug-likeness (QED) is 0.222. The van der Waals surface area contributed by atoms with E-state index in [9.17, 15) is 19.5 Å². The molecule has 0 aromatic heterocycles. The van der Waals surface area contributed by atoms with E-state index in [0.717, 1.165) is 0 Å². The minimum Gasteiger partial charge on any atom is -0.507 e. The number of carbonyl (C=O) groups excluding carboxylic acids is 3. The molecule has 0 radical (unpaired) electrons. The second kappa shape index (κ2) is 10.0. The Hall–Kier alpha value is -4.10. The molecule has 1 fully saturated rings. The molecule has 8 heteroatoms. The fraction of sp³-hybridized carbons (Fsp3) is 0.148. The number of methoxy groups -OCH3 is 1. The fourth-order valence-corrected chi connectivity index (χ4v) is 4.06. The summed E-state index contributed by atoms with van der Waals surface area (Å²) < 4.78 is 10.2. The number of anilines is 1. The number of hydrogen-bond donors (Lipinski definition) is 1. The van der Waals surface area contributed by atoms with Gasteiger partial charge in [0.1, 0.15) is 11.5 Å². The van der Waals surface area contributed by atoms with E-state index in [0.29, 0.717) is 33.1 Å². The van der Waals surface area contributed by atoms with Crippen LogP contribution in [0.5, 0.6) is 5.75 Å². The number of aliphatic hydroxyl groups excluding tert-OH is 1. The van der Waals surface area contributed by atoms with Gasteiger partial charge in [0, 0.05) is 16.3 Å². The third-order valence-electron chi connectivity index (χ3n) is 5.65. The molecule has 1 aliphatic rings. The summed E-state index contributed by atoms with van der Waals surface area (Å²) in [6, 6.07) is 18.5. The zero-order valence-corrected chi connectivity index (χ0v) is 19.8. The Bertz CT molecular complexity index is 1300. The van der Waals surface area contributed by atoms with Gasteiger partial charge in [-0.1, -0.05) is 23.7 Å². The minimum atomic E-state index is -0.914. The molecule has 1 unspecified atom stereocenters. The number of Topliss-reactive ketones (excluding diaryl/α,β-unsaturated/α-hetero) is 1. The number of esters is 1. The van der Waals surface area contributed by atoms with Crippen LogP contribution >= 0.6 is 11.6 Å². The molecule has 3 aromatic carbocycles. The van der Waals surface area contributed by atoms with Crippen molar-refractivity contribution >= 4 is 40.7 Å². The molecule has 4 rings (SSSR count). The summed E-state index contributed by atoms with van der Waals surface area (Å²) in [7, 11) is 1.52. The van der Waals surface area contributed by atoms with Gasteiger partial charge in [-0.15, -0.1) is 0 Å². The van der Waals surface area contributed by atoms with Crippen LogP contribution < -0.4 is 9.64 Å². The first-order chi connectivity index (χ1) is 16.8. The molecular formula is C27H22ClNO6. The number of halogens is 1. The molecule has 1 amide bonds.